The second-order valence-corrected chi connectivity index (χ2v) is 7.30. The van der Waals surface area contributed by atoms with E-state index in [1.165, 1.54) is 4.31 Å². The van der Waals surface area contributed by atoms with Crippen LogP contribution in [-0.4, -0.2) is 45.2 Å². The summed E-state index contributed by atoms with van der Waals surface area (Å²) in [6.45, 7) is 1.28. The van der Waals surface area contributed by atoms with Crippen molar-refractivity contribution in [1.29, 1.82) is 0 Å². The van der Waals surface area contributed by atoms with Crippen molar-refractivity contribution >= 4 is 10.0 Å². The summed E-state index contributed by atoms with van der Waals surface area (Å²) in [5.74, 6) is 0.916. The van der Waals surface area contributed by atoms with Crippen molar-refractivity contribution in [3.8, 4) is 5.75 Å². The van der Waals surface area contributed by atoms with Gasteiger partial charge in [0.05, 0.1) is 12.9 Å². The normalized spacial score (nSPS) is 19.4. The van der Waals surface area contributed by atoms with Gasteiger partial charge in [-0.1, -0.05) is 12.1 Å². The first-order valence-corrected chi connectivity index (χ1v) is 8.42. The summed E-state index contributed by atoms with van der Waals surface area (Å²) in [4.78, 5) is 0. The van der Waals surface area contributed by atoms with E-state index in [4.69, 9.17) is 4.74 Å². The molecule has 112 valence electrons. The number of hydrogen-bond donors (Lipinski definition) is 1. The smallest absolute Gasteiger partial charge is 0.215 e. The summed E-state index contributed by atoms with van der Waals surface area (Å²) < 4.78 is 31.2. The van der Waals surface area contributed by atoms with Crippen molar-refractivity contribution in [2.75, 3.05) is 26.5 Å². The van der Waals surface area contributed by atoms with Crippen molar-refractivity contribution in [2.24, 2.45) is 0 Å². The van der Waals surface area contributed by atoms with Gasteiger partial charge in [-0.2, -0.15) is 0 Å². The number of nitrogens with one attached hydrogen (secondary N) is 1. The lowest BCUT2D eigenvalue weighted by Gasteiger charge is -2.20. The standard InChI is InChI=1S/C14H22N2O3S/c1-16(10-12-5-3-7-14(9-12)19-2)20(17,18)11-13-6-4-8-15-13/h3,5,7,9,13,15H,4,6,8,10-11H2,1-2H3. The molecule has 1 aliphatic heterocycles. The maximum Gasteiger partial charge on any atom is 0.215 e. The summed E-state index contributed by atoms with van der Waals surface area (Å²) in [6.07, 6.45) is 1.99. The van der Waals surface area contributed by atoms with Crippen molar-refractivity contribution in [2.45, 2.75) is 25.4 Å². The highest BCUT2D eigenvalue weighted by atomic mass is 32.2. The van der Waals surface area contributed by atoms with Gasteiger partial charge in [-0.25, -0.2) is 12.7 Å². The fourth-order valence-corrected chi connectivity index (χ4v) is 3.80. The predicted octanol–water partition coefficient (Wildman–Crippen LogP) is 1.21. The van der Waals surface area contributed by atoms with Gasteiger partial charge in [-0.15, -0.1) is 0 Å². The third kappa shape index (κ3) is 3.94. The van der Waals surface area contributed by atoms with E-state index >= 15 is 0 Å². The van der Waals surface area contributed by atoms with Crippen LogP contribution in [0.25, 0.3) is 0 Å². The van der Waals surface area contributed by atoms with E-state index in [1.54, 1.807) is 14.2 Å². The van der Waals surface area contributed by atoms with E-state index in [9.17, 15) is 8.42 Å². The SMILES string of the molecule is COc1cccc(CN(C)S(=O)(=O)CC2CCCN2)c1. The number of benzene rings is 1. The van der Waals surface area contributed by atoms with E-state index in [2.05, 4.69) is 5.32 Å². The minimum Gasteiger partial charge on any atom is -0.497 e. The van der Waals surface area contributed by atoms with Crippen LogP contribution in [0, 0.1) is 0 Å². The quantitative estimate of drug-likeness (QED) is 0.857. The number of ether oxygens (including phenoxy) is 1. The van der Waals surface area contributed by atoms with E-state index in [1.807, 2.05) is 24.3 Å². The van der Waals surface area contributed by atoms with Crippen LogP contribution in [0.4, 0.5) is 0 Å². The lowest BCUT2D eigenvalue weighted by Crippen LogP contribution is -2.37. The Morgan fingerprint density at radius 3 is 2.90 bits per heavy atom. The fraction of sp³-hybridized carbons (Fsp3) is 0.571. The van der Waals surface area contributed by atoms with Crippen LogP contribution < -0.4 is 10.1 Å². The fourth-order valence-electron chi connectivity index (χ4n) is 2.41. The molecule has 1 fully saturated rings. The molecule has 1 N–H and O–H groups in total. The van der Waals surface area contributed by atoms with E-state index < -0.39 is 10.0 Å². The first-order chi connectivity index (χ1) is 9.51. The van der Waals surface area contributed by atoms with Gasteiger partial charge in [0, 0.05) is 19.6 Å². The summed E-state index contributed by atoms with van der Waals surface area (Å²) in [7, 11) is -0.000211. The number of methoxy groups -OCH3 is 1. The minimum atomic E-state index is -3.23. The molecule has 5 nitrogen and oxygen atoms in total. The molecule has 1 aromatic rings. The molecule has 1 saturated heterocycles. The van der Waals surface area contributed by atoms with E-state index in [-0.39, 0.29) is 11.8 Å². The Hall–Kier alpha value is -1.11. The third-order valence-corrected chi connectivity index (χ3v) is 5.49. The molecular formula is C14H22N2O3S. The zero-order valence-electron chi connectivity index (χ0n) is 12.0. The Labute approximate surface area is 121 Å². The van der Waals surface area contributed by atoms with Gasteiger partial charge < -0.3 is 10.1 Å². The van der Waals surface area contributed by atoms with Gasteiger partial charge >= 0.3 is 0 Å². The first kappa shape index (κ1) is 15.3. The van der Waals surface area contributed by atoms with Gasteiger partial charge in [0.15, 0.2) is 0 Å². The van der Waals surface area contributed by atoms with Crippen molar-refractivity contribution in [3.63, 3.8) is 0 Å². The van der Waals surface area contributed by atoms with Crippen LogP contribution in [0.15, 0.2) is 24.3 Å². The van der Waals surface area contributed by atoms with Crippen molar-refractivity contribution in [3.05, 3.63) is 29.8 Å². The molecule has 1 unspecified atom stereocenters. The van der Waals surface area contributed by atoms with Crippen LogP contribution in [0.2, 0.25) is 0 Å². The third-order valence-electron chi connectivity index (χ3n) is 3.59. The molecule has 0 saturated carbocycles. The van der Waals surface area contributed by atoms with Crippen LogP contribution in [0.1, 0.15) is 18.4 Å². The largest absolute Gasteiger partial charge is 0.497 e. The average molecular weight is 298 g/mol. The zero-order valence-corrected chi connectivity index (χ0v) is 12.8. The molecule has 2 rings (SSSR count). The molecule has 1 aromatic carbocycles. The van der Waals surface area contributed by atoms with Gasteiger partial charge in [0.1, 0.15) is 5.75 Å². The van der Waals surface area contributed by atoms with Gasteiger partial charge in [-0.3, -0.25) is 0 Å². The number of hydrogen-bond acceptors (Lipinski definition) is 4. The van der Waals surface area contributed by atoms with Crippen LogP contribution in [0.5, 0.6) is 5.75 Å². The molecule has 6 heteroatoms. The highest BCUT2D eigenvalue weighted by molar-refractivity contribution is 7.89. The van der Waals surface area contributed by atoms with Crippen molar-refractivity contribution in [1.82, 2.24) is 9.62 Å². The molecule has 20 heavy (non-hydrogen) atoms. The lowest BCUT2D eigenvalue weighted by atomic mass is 10.2. The van der Waals surface area contributed by atoms with E-state index in [0.717, 1.165) is 30.7 Å². The Bertz CT molecular complexity index is 539. The van der Waals surface area contributed by atoms with Crippen LogP contribution >= 0.6 is 0 Å². The molecule has 0 radical (unpaired) electrons. The highest BCUT2D eigenvalue weighted by Gasteiger charge is 2.25. The molecule has 0 spiro atoms. The maximum atomic E-state index is 12.3. The molecule has 0 aromatic heterocycles. The minimum absolute atomic E-state index is 0.0905. The second kappa shape index (κ2) is 6.56. The second-order valence-electron chi connectivity index (χ2n) is 5.18. The Kier molecular flexibility index (Phi) is 5.01. The lowest BCUT2D eigenvalue weighted by molar-refractivity contribution is 0.412. The molecule has 1 aliphatic rings. The Balaban J connectivity index is 2.00. The molecule has 1 atom stereocenters. The summed E-state index contributed by atoms with van der Waals surface area (Å²) >= 11 is 0. The topological polar surface area (TPSA) is 58.6 Å². The number of nitrogens with zero attached hydrogens (tertiary/aromatic N) is 1. The number of sulfonamides is 1. The number of rotatable bonds is 6. The average Bonchev–Trinajstić information content (AvgIpc) is 2.91. The summed E-state index contributed by atoms with van der Waals surface area (Å²) in [6, 6.07) is 7.57. The highest BCUT2D eigenvalue weighted by Crippen LogP contribution is 2.16. The van der Waals surface area contributed by atoms with Crippen LogP contribution in [-0.2, 0) is 16.6 Å². The summed E-state index contributed by atoms with van der Waals surface area (Å²) in [5.41, 5.74) is 0.926. The molecular weight excluding hydrogens is 276 g/mol. The van der Waals surface area contributed by atoms with Crippen LogP contribution in [0.3, 0.4) is 0 Å². The first-order valence-electron chi connectivity index (χ1n) is 6.81. The summed E-state index contributed by atoms with van der Waals surface area (Å²) in [5, 5.41) is 3.22. The molecule has 0 amide bonds. The monoisotopic (exact) mass is 298 g/mol. The Morgan fingerprint density at radius 2 is 2.25 bits per heavy atom. The predicted molar refractivity (Wildman–Crippen MR) is 79.3 cm³/mol. The zero-order chi connectivity index (χ0) is 14.6. The molecule has 0 aliphatic carbocycles. The maximum absolute atomic E-state index is 12.3. The van der Waals surface area contributed by atoms with E-state index in [0.29, 0.717) is 6.54 Å². The Morgan fingerprint density at radius 1 is 1.45 bits per heavy atom. The van der Waals surface area contributed by atoms with Crippen molar-refractivity contribution < 1.29 is 13.2 Å². The van der Waals surface area contributed by atoms with Gasteiger partial charge in [0.2, 0.25) is 10.0 Å². The molecule has 1 heterocycles. The molecule has 0 bridgehead atoms. The van der Waals surface area contributed by atoms with Gasteiger partial charge in [0.25, 0.3) is 0 Å². The van der Waals surface area contributed by atoms with Gasteiger partial charge in [-0.05, 0) is 37.1 Å².